The molecule has 1 saturated carbocycles. The van der Waals surface area contributed by atoms with Crippen LogP contribution in [-0.2, 0) is 13.0 Å². The van der Waals surface area contributed by atoms with Crippen molar-refractivity contribution in [3.63, 3.8) is 0 Å². The van der Waals surface area contributed by atoms with E-state index in [9.17, 15) is 0 Å². The number of rotatable bonds is 2. The predicted octanol–water partition coefficient (Wildman–Crippen LogP) is 5.40. The van der Waals surface area contributed by atoms with E-state index in [4.69, 9.17) is 0 Å². The fourth-order valence-corrected chi connectivity index (χ4v) is 3.95. The summed E-state index contributed by atoms with van der Waals surface area (Å²) in [6.45, 7) is 0.954. The molecule has 1 heterocycles. The van der Waals surface area contributed by atoms with E-state index in [1.165, 1.54) is 66.5 Å². The van der Waals surface area contributed by atoms with Gasteiger partial charge in [-0.3, -0.25) is 0 Å². The first-order valence-corrected chi connectivity index (χ1v) is 8.35. The third kappa shape index (κ3) is 2.57. The standard InChI is InChI=1S/C20H23N/c1-2-6-15(7-3-1)12-16-10-11-19-18-9-5-4-8-17(18)14-21-20(19)13-16/h4-5,8-11,13,15,21H,1-3,6-7,12,14H2. The fourth-order valence-electron chi connectivity index (χ4n) is 3.95. The molecule has 4 rings (SSSR count). The molecule has 1 heteroatoms. The molecule has 0 aromatic heterocycles. The van der Waals surface area contributed by atoms with E-state index in [0.29, 0.717) is 0 Å². The van der Waals surface area contributed by atoms with Crippen LogP contribution in [0.1, 0.15) is 43.2 Å². The molecule has 2 aliphatic rings. The van der Waals surface area contributed by atoms with Crippen LogP contribution in [-0.4, -0.2) is 0 Å². The highest BCUT2D eigenvalue weighted by Crippen LogP contribution is 2.37. The zero-order valence-electron chi connectivity index (χ0n) is 12.6. The van der Waals surface area contributed by atoms with Crippen LogP contribution < -0.4 is 5.32 Å². The van der Waals surface area contributed by atoms with Crippen LogP contribution in [0.3, 0.4) is 0 Å². The van der Waals surface area contributed by atoms with Gasteiger partial charge in [0.1, 0.15) is 0 Å². The number of nitrogens with one attached hydrogen (secondary N) is 1. The average Bonchev–Trinajstić information content (AvgIpc) is 2.55. The van der Waals surface area contributed by atoms with Crippen LogP contribution in [0.4, 0.5) is 5.69 Å². The molecule has 0 bridgehead atoms. The first-order valence-electron chi connectivity index (χ1n) is 8.35. The number of hydrogen-bond acceptors (Lipinski definition) is 1. The van der Waals surface area contributed by atoms with Crippen LogP contribution in [0.15, 0.2) is 42.5 Å². The largest absolute Gasteiger partial charge is 0.380 e. The van der Waals surface area contributed by atoms with Gasteiger partial charge in [-0.1, -0.05) is 68.5 Å². The number of hydrogen-bond donors (Lipinski definition) is 1. The van der Waals surface area contributed by atoms with Crippen molar-refractivity contribution < 1.29 is 0 Å². The summed E-state index contributed by atoms with van der Waals surface area (Å²) in [6.07, 6.45) is 8.42. The van der Waals surface area contributed by atoms with Gasteiger partial charge in [0.15, 0.2) is 0 Å². The van der Waals surface area contributed by atoms with Crippen LogP contribution in [0, 0.1) is 5.92 Å². The summed E-state index contributed by atoms with van der Waals surface area (Å²) in [5.74, 6) is 0.910. The quantitative estimate of drug-likeness (QED) is 0.774. The summed E-state index contributed by atoms with van der Waals surface area (Å²) in [7, 11) is 0. The van der Waals surface area contributed by atoms with Gasteiger partial charge < -0.3 is 5.32 Å². The molecule has 0 spiro atoms. The molecule has 1 aliphatic heterocycles. The summed E-state index contributed by atoms with van der Waals surface area (Å²) < 4.78 is 0. The molecule has 0 radical (unpaired) electrons. The normalized spacial score (nSPS) is 17.7. The molecular formula is C20H23N. The molecule has 0 saturated heterocycles. The van der Waals surface area contributed by atoms with Gasteiger partial charge in [-0.2, -0.15) is 0 Å². The second kappa shape index (κ2) is 5.55. The minimum absolute atomic E-state index is 0.910. The highest BCUT2D eigenvalue weighted by molar-refractivity contribution is 5.83. The van der Waals surface area contributed by atoms with Gasteiger partial charge in [-0.25, -0.2) is 0 Å². The Labute approximate surface area is 127 Å². The lowest BCUT2D eigenvalue weighted by Gasteiger charge is -2.24. The van der Waals surface area contributed by atoms with E-state index in [1.807, 2.05) is 0 Å². The Hall–Kier alpha value is -1.76. The molecule has 1 N–H and O–H groups in total. The van der Waals surface area contributed by atoms with Gasteiger partial charge in [0.2, 0.25) is 0 Å². The molecule has 1 nitrogen and oxygen atoms in total. The molecule has 0 atom stereocenters. The Morgan fingerprint density at radius 2 is 1.76 bits per heavy atom. The van der Waals surface area contributed by atoms with Crippen LogP contribution >= 0.6 is 0 Å². The van der Waals surface area contributed by atoms with Crippen LogP contribution in [0.25, 0.3) is 11.1 Å². The van der Waals surface area contributed by atoms with Crippen molar-refractivity contribution in [2.75, 3.05) is 5.32 Å². The van der Waals surface area contributed by atoms with Crippen molar-refractivity contribution in [1.82, 2.24) is 0 Å². The van der Waals surface area contributed by atoms with Gasteiger partial charge in [-0.05, 0) is 35.1 Å². The Bertz CT molecular complexity index is 638. The lowest BCUT2D eigenvalue weighted by Crippen LogP contribution is -2.11. The molecule has 108 valence electrons. The Balaban J connectivity index is 1.60. The average molecular weight is 277 g/mol. The molecule has 1 fully saturated rings. The van der Waals surface area contributed by atoms with E-state index in [0.717, 1.165) is 12.5 Å². The van der Waals surface area contributed by atoms with Crippen LogP contribution in [0.5, 0.6) is 0 Å². The maximum absolute atomic E-state index is 3.60. The molecule has 0 amide bonds. The fraction of sp³-hybridized carbons (Fsp3) is 0.400. The molecule has 21 heavy (non-hydrogen) atoms. The minimum atomic E-state index is 0.910. The van der Waals surface area contributed by atoms with Crippen LogP contribution in [0.2, 0.25) is 0 Å². The zero-order valence-corrected chi connectivity index (χ0v) is 12.6. The second-order valence-electron chi connectivity index (χ2n) is 6.60. The van der Waals surface area contributed by atoms with E-state index in [1.54, 1.807) is 0 Å². The lowest BCUT2D eigenvalue weighted by molar-refractivity contribution is 0.357. The Morgan fingerprint density at radius 1 is 0.905 bits per heavy atom. The van der Waals surface area contributed by atoms with Gasteiger partial charge in [0.05, 0.1) is 0 Å². The SMILES string of the molecule is c1ccc2c(c1)CNc1cc(CC3CCCCC3)ccc1-2. The number of benzene rings is 2. The molecule has 2 aromatic rings. The number of anilines is 1. The number of fused-ring (bicyclic) bond motifs is 3. The zero-order chi connectivity index (χ0) is 14.1. The van der Waals surface area contributed by atoms with E-state index in [2.05, 4.69) is 47.8 Å². The minimum Gasteiger partial charge on any atom is -0.380 e. The smallest absolute Gasteiger partial charge is 0.0425 e. The monoisotopic (exact) mass is 277 g/mol. The van der Waals surface area contributed by atoms with Gasteiger partial charge in [-0.15, -0.1) is 0 Å². The first kappa shape index (κ1) is 12.9. The third-order valence-electron chi connectivity index (χ3n) is 5.11. The Morgan fingerprint density at radius 3 is 2.67 bits per heavy atom. The second-order valence-corrected chi connectivity index (χ2v) is 6.60. The molecule has 1 aliphatic carbocycles. The predicted molar refractivity (Wildman–Crippen MR) is 89.5 cm³/mol. The molecule has 0 unspecified atom stereocenters. The van der Waals surface area contributed by atoms with Crippen molar-refractivity contribution in [2.45, 2.75) is 45.1 Å². The summed E-state index contributed by atoms with van der Waals surface area (Å²) in [6, 6.07) is 15.8. The van der Waals surface area contributed by atoms with Gasteiger partial charge in [0.25, 0.3) is 0 Å². The third-order valence-corrected chi connectivity index (χ3v) is 5.11. The van der Waals surface area contributed by atoms with Crippen molar-refractivity contribution in [2.24, 2.45) is 5.92 Å². The maximum Gasteiger partial charge on any atom is 0.0425 e. The summed E-state index contributed by atoms with van der Waals surface area (Å²) >= 11 is 0. The van der Waals surface area contributed by atoms with Crippen molar-refractivity contribution in [1.29, 1.82) is 0 Å². The first-order chi connectivity index (χ1) is 10.4. The topological polar surface area (TPSA) is 12.0 Å². The van der Waals surface area contributed by atoms with Gasteiger partial charge in [0, 0.05) is 17.8 Å². The van der Waals surface area contributed by atoms with Gasteiger partial charge >= 0.3 is 0 Å². The molecular weight excluding hydrogens is 254 g/mol. The maximum atomic E-state index is 3.60. The Kier molecular flexibility index (Phi) is 3.42. The van der Waals surface area contributed by atoms with E-state index < -0.39 is 0 Å². The van der Waals surface area contributed by atoms with E-state index in [-0.39, 0.29) is 0 Å². The summed E-state index contributed by atoms with van der Waals surface area (Å²) in [5.41, 5.74) is 7.00. The van der Waals surface area contributed by atoms with Crippen molar-refractivity contribution in [3.05, 3.63) is 53.6 Å². The van der Waals surface area contributed by atoms with E-state index >= 15 is 0 Å². The summed E-state index contributed by atoms with van der Waals surface area (Å²) in [4.78, 5) is 0. The van der Waals surface area contributed by atoms with Crippen molar-refractivity contribution in [3.8, 4) is 11.1 Å². The summed E-state index contributed by atoms with van der Waals surface area (Å²) in [5, 5.41) is 3.60. The highest BCUT2D eigenvalue weighted by Gasteiger charge is 2.17. The molecule has 2 aromatic carbocycles. The highest BCUT2D eigenvalue weighted by atomic mass is 14.9. The lowest BCUT2D eigenvalue weighted by atomic mass is 9.84. The van der Waals surface area contributed by atoms with Crippen molar-refractivity contribution >= 4 is 5.69 Å².